The van der Waals surface area contributed by atoms with E-state index in [1.165, 1.54) is 18.2 Å². The summed E-state index contributed by atoms with van der Waals surface area (Å²) >= 11 is 0. The second kappa shape index (κ2) is 8.81. The van der Waals surface area contributed by atoms with Crippen molar-refractivity contribution < 1.29 is 22.7 Å². The number of benzene rings is 2. The van der Waals surface area contributed by atoms with Crippen LogP contribution in [0.5, 0.6) is 5.75 Å². The third-order valence-corrected chi connectivity index (χ3v) is 5.13. The standard InChI is InChI=1S/C22H21F3N4O2/c23-22(24,25)31-17-8-4-7-16(9-17)12-29-13-19-18(27-14-28-19)10-20(29)21(30)26-11-15-5-2-1-3-6-15/h1-9,14,20H,10-13H2,(H,26,30)(H,27,28)/t20-/m0/s1. The molecule has 9 heteroatoms. The Balaban J connectivity index is 1.50. The molecule has 2 N–H and O–H groups in total. The van der Waals surface area contributed by atoms with E-state index in [9.17, 15) is 18.0 Å². The highest BCUT2D eigenvalue weighted by molar-refractivity contribution is 5.82. The number of aromatic nitrogens is 2. The number of carbonyl (C=O) groups is 1. The Morgan fingerprint density at radius 2 is 1.94 bits per heavy atom. The lowest BCUT2D eigenvalue weighted by Gasteiger charge is -2.34. The zero-order valence-electron chi connectivity index (χ0n) is 16.5. The second-order valence-electron chi connectivity index (χ2n) is 7.35. The lowest BCUT2D eigenvalue weighted by atomic mass is 10.0. The molecule has 1 aliphatic rings. The van der Waals surface area contributed by atoms with Crippen LogP contribution in [0.2, 0.25) is 0 Å². The van der Waals surface area contributed by atoms with Crippen LogP contribution in [0.1, 0.15) is 22.5 Å². The summed E-state index contributed by atoms with van der Waals surface area (Å²) in [4.78, 5) is 22.3. The average molecular weight is 430 g/mol. The minimum atomic E-state index is -4.76. The number of nitrogens with one attached hydrogen (secondary N) is 2. The fraction of sp³-hybridized carbons (Fsp3) is 0.273. The maximum absolute atomic E-state index is 13.0. The first kappa shape index (κ1) is 20.9. The lowest BCUT2D eigenvalue weighted by Crippen LogP contribution is -2.49. The minimum Gasteiger partial charge on any atom is -0.406 e. The predicted molar refractivity (Wildman–Crippen MR) is 107 cm³/mol. The summed E-state index contributed by atoms with van der Waals surface area (Å²) in [6.45, 7) is 1.12. The van der Waals surface area contributed by atoms with Crippen LogP contribution in [0.4, 0.5) is 13.2 Å². The molecule has 0 fully saturated rings. The number of imidazole rings is 1. The zero-order valence-corrected chi connectivity index (χ0v) is 16.5. The molecule has 162 valence electrons. The minimum absolute atomic E-state index is 0.153. The second-order valence-corrected chi connectivity index (χ2v) is 7.35. The third kappa shape index (κ3) is 5.43. The number of hydrogen-bond acceptors (Lipinski definition) is 4. The van der Waals surface area contributed by atoms with E-state index in [1.807, 2.05) is 35.2 Å². The van der Waals surface area contributed by atoms with Gasteiger partial charge in [0, 0.05) is 26.1 Å². The van der Waals surface area contributed by atoms with Crippen LogP contribution in [0.25, 0.3) is 0 Å². The fourth-order valence-corrected chi connectivity index (χ4v) is 3.69. The van der Waals surface area contributed by atoms with Gasteiger partial charge in [0.15, 0.2) is 0 Å². The molecule has 3 aromatic rings. The summed E-state index contributed by atoms with van der Waals surface area (Å²) in [7, 11) is 0. The van der Waals surface area contributed by atoms with E-state index in [0.717, 1.165) is 17.0 Å². The molecular formula is C22H21F3N4O2. The number of H-pyrrole nitrogens is 1. The van der Waals surface area contributed by atoms with Crippen LogP contribution in [0.15, 0.2) is 60.9 Å². The van der Waals surface area contributed by atoms with Crippen molar-refractivity contribution in [1.82, 2.24) is 20.2 Å². The molecule has 31 heavy (non-hydrogen) atoms. The molecule has 0 bridgehead atoms. The van der Waals surface area contributed by atoms with E-state index in [1.54, 1.807) is 12.4 Å². The molecule has 4 rings (SSSR count). The van der Waals surface area contributed by atoms with E-state index < -0.39 is 12.4 Å². The predicted octanol–water partition coefficient (Wildman–Crippen LogP) is 3.55. The van der Waals surface area contributed by atoms with Crippen molar-refractivity contribution in [1.29, 1.82) is 0 Å². The lowest BCUT2D eigenvalue weighted by molar-refractivity contribution is -0.274. The van der Waals surface area contributed by atoms with E-state index in [0.29, 0.717) is 25.1 Å². The van der Waals surface area contributed by atoms with Crippen LogP contribution < -0.4 is 10.1 Å². The molecule has 0 spiro atoms. The highest BCUT2D eigenvalue weighted by Gasteiger charge is 2.34. The fourth-order valence-electron chi connectivity index (χ4n) is 3.69. The molecule has 2 aromatic carbocycles. The van der Waals surface area contributed by atoms with Crippen LogP contribution in [-0.4, -0.2) is 33.2 Å². The third-order valence-electron chi connectivity index (χ3n) is 5.13. The molecule has 0 saturated heterocycles. The first-order chi connectivity index (χ1) is 14.9. The highest BCUT2D eigenvalue weighted by atomic mass is 19.4. The molecule has 0 unspecified atom stereocenters. The van der Waals surface area contributed by atoms with Gasteiger partial charge >= 0.3 is 6.36 Å². The van der Waals surface area contributed by atoms with Gasteiger partial charge in [0.05, 0.1) is 23.8 Å². The number of rotatable bonds is 6. The normalized spacial score (nSPS) is 16.5. The first-order valence-corrected chi connectivity index (χ1v) is 9.79. The Hall–Kier alpha value is -3.33. The van der Waals surface area contributed by atoms with Gasteiger partial charge in [-0.05, 0) is 23.3 Å². The molecule has 1 atom stereocenters. The largest absolute Gasteiger partial charge is 0.573 e. The van der Waals surface area contributed by atoms with Gasteiger partial charge in [-0.15, -0.1) is 13.2 Å². The summed E-state index contributed by atoms with van der Waals surface area (Å²) in [6.07, 6.45) is -2.75. The Bertz CT molecular complexity index is 1040. The molecule has 1 amide bonds. The van der Waals surface area contributed by atoms with Crippen molar-refractivity contribution in [3.8, 4) is 5.75 Å². The van der Waals surface area contributed by atoms with Gasteiger partial charge in [-0.2, -0.15) is 0 Å². The molecule has 1 aliphatic heterocycles. The van der Waals surface area contributed by atoms with E-state index in [2.05, 4.69) is 20.0 Å². The zero-order chi connectivity index (χ0) is 21.8. The van der Waals surface area contributed by atoms with Gasteiger partial charge in [-0.1, -0.05) is 42.5 Å². The summed E-state index contributed by atoms with van der Waals surface area (Å²) in [5, 5.41) is 2.96. The Morgan fingerprint density at radius 3 is 2.71 bits per heavy atom. The molecule has 0 aliphatic carbocycles. The van der Waals surface area contributed by atoms with Crippen molar-refractivity contribution >= 4 is 5.91 Å². The number of aromatic amines is 1. The maximum atomic E-state index is 13.0. The van der Waals surface area contributed by atoms with Crippen LogP contribution in [0, 0.1) is 0 Å². The van der Waals surface area contributed by atoms with Crippen molar-refractivity contribution in [3.63, 3.8) is 0 Å². The number of alkyl halides is 3. The topological polar surface area (TPSA) is 70.2 Å². The first-order valence-electron chi connectivity index (χ1n) is 9.79. The summed E-state index contributed by atoms with van der Waals surface area (Å²) in [5.41, 5.74) is 3.32. The monoisotopic (exact) mass is 430 g/mol. The quantitative estimate of drug-likeness (QED) is 0.628. The van der Waals surface area contributed by atoms with E-state index in [4.69, 9.17) is 0 Å². The van der Waals surface area contributed by atoms with Crippen LogP contribution in [0.3, 0.4) is 0 Å². The highest BCUT2D eigenvalue weighted by Crippen LogP contribution is 2.26. The summed E-state index contributed by atoms with van der Waals surface area (Å²) in [6, 6.07) is 14.9. The molecule has 0 saturated carbocycles. The Labute approximate surface area is 177 Å². The number of halogens is 3. The van der Waals surface area contributed by atoms with Gasteiger partial charge in [-0.3, -0.25) is 9.69 Å². The molecule has 6 nitrogen and oxygen atoms in total. The summed E-state index contributed by atoms with van der Waals surface area (Å²) in [5.74, 6) is -0.436. The van der Waals surface area contributed by atoms with E-state index >= 15 is 0 Å². The van der Waals surface area contributed by atoms with Gasteiger partial charge in [-0.25, -0.2) is 4.98 Å². The van der Waals surface area contributed by atoms with Crippen molar-refractivity contribution in [2.24, 2.45) is 0 Å². The number of ether oxygens (including phenoxy) is 1. The number of amides is 1. The van der Waals surface area contributed by atoms with Crippen molar-refractivity contribution in [3.05, 3.63) is 83.4 Å². The van der Waals surface area contributed by atoms with Gasteiger partial charge in [0.25, 0.3) is 0 Å². The summed E-state index contributed by atoms with van der Waals surface area (Å²) < 4.78 is 41.7. The van der Waals surface area contributed by atoms with Crippen molar-refractivity contribution in [2.75, 3.05) is 0 Å². The molecular weight excluding hydrogens is 409 g/mol. The maximum Gasteiger partial charge on any atom is 0.573 e. The number of hydrogen-bond donors (Lipinski definition) is 2. The number of carbonyl (C=O) groups excluding carboxylic acids is 1. The van der Waals surface area contributed by atoms with Crippen LogP contribution in [-0.2, 0) is 30.8 Å². The number of nitrogens with zero attached hydrogens (tertiary/aromatic N) is 2. The van der Waals surface area contributed by atoms with Crippen molar-refractivity contribution in [2.45, 2.75) is 38.5 Å². The van der Waals surface area contributed by atoms with E-state index in [-0.39, 0.29) is 18.2 Å². The smallest absolute Gasteiger partial charge is 0.406 e. The Kier molecular flexibility index (Phi) is 5.94. The van der Waals surface area contributed by atoms with Crippen LogP contribution >= 0.6 is 0 Å². The molecule has 0 radical (unpaired) electrons. The SMILES string of the molecule is O=C(NCc1ccccc1)[C@@H]1Cc2nc[nH]c2CN1Cc1cccc(OC(F)(F)F)c1. The average Bonchev–Trinajstić information content (AvgIpc) is 3.18. The molecule has 2 heterocycles. The molecule has 1 aromatic heterocycles. The number of fused-ring (bicyclic) bond motifs is 1. The van der Waals surface area contributed by atoms with Gasteiger partial charge in [0.2, 0.25) is 5.91 Å². The van der Waals surface area contributed by atoms with Gasteiger partial charge in [0.1, 0.15) is 5.75 Å². The Morgan fingerprint density at radius 1 is 1.16 bits per heavy atom. The van der Waals surface area contributed by atoms with Gasteiger partial charge < -0.3 is 15.0 Å².